The summed E-state index contributed by atoms with van der Waals surface area (Å²) in [6.07, 6.45) is 2.31. The molecule has 88 valence electrons. The van der Waals surface area contributed by atoms with E-state index < -0.39 is 0 Å². The molecule has 16 heavy (non-hydrogen) atoms. The first kappa shape index (κ1) is 13.0. The van der Waals surface area contributed by atoms with Crippen LogP contribution in [0, 0.1) is 0 Å². The van der Waals surface area contributed by atoms with Gasteiger partial charge in [0.25, 0.3) is 0 Å². The Morgan fingerprint density at radius 1 is 1.31 bits per heavy atom. The van der Waals surface area contributed by atoms with Crippen molar-refractivity contribution in [1.82, 2.24) is 5.32 Å². The fourth-order valence-electron chi connectivity index (χ4n) is 1.85. The van der Waals surface area contributed by atoms with Crippen LogP contribution >= 0.6 is 12.4 Å². The van der Waals surface area contributed by atoms with Crippen molar-refractivity contribution in [2.75, 3.05) is 13.1 Å². The van der Waals surface area contributed by atoms with Crippen molar-refractivity contribution >= 4 is 18.3 Å². The van der Waals surface area contributed by atoms with Crippen LogP contribution in [0.4, 0.5) is 0 Å². The van der Waals surface area contributed by atoms with Gasteiger partial charge in [0.2, 0.25) is 5.91 Å². The molecule has 0 radical (unpaired) electrons. The lowest BCUT2D eigenvalue weighted by molar-refractivity contribution is -0.119. The lowest BCUT2D eigenvalue weighted by Gasteiger charge is -2.16. The quantitative estimate of drug-likeness (QED) is 0.832. The van der Waals surface area contributed by atoms with E-state index in [1.54, 1.807) is 0 Å². The number of amides is 1. The minimum atomic E-state index is -0.0720. The molecule has 0 saturated heterocycles. The molecule has 1 aliphatic carbocycles. The summed E-state index contributed by atoms with van der Waals surface area (Å²) >= 11 is 0. The summed E-state index contributed by atoms with van der Waals surface area (Å²) in [5.41, 5.74) is 6.76. The van der Waals surface area contributed by atoms with Gasteiger partial charge in [-0.3, -0.25) is 4.79 Å². The molecule has 0 spiro atoms. The number of carbonyl (C=O) groups is 1. The van der Waals surface area contributed by atoms with Crippen LogP contribution in [0.1, 0.15) is 18.4 Å². The summed E-state index contributed by atoms with van der Waals surface area (Å²) in [6, 6.07) is 10.3. The Morgan fingerprint density at radius 2 is 1.94 bits per heavy atom. The summed E-state index contributed by atoms with van der Waals surface area (Å²) < 4.78 is 0. The van der Waals surface area contributed by atoms with Gasteiger partial charge in [-0.1, -0.05) is 30.3 Å². The Morgan fingerprint density at radius 3 is 2.44 bits per heavy atom. The Balaban J connectivity index is 0.00000128. The molecule has 1 amide bonds. The van der Waals surface area contributed by atoms with Gasteiger partial charge in [-0.05, 0) is 18.4 Å². The van der Waals surface area contributed by atoms with Crippen LogP contribution in [0.15, 0.2) is 30.3 Å². The number of hydrogen-bond acceptors (Lipinski definition) is 2. The summed E-state index contributed by atoms with van der Waals surface area (Å²) in [4.78, 5) is 11.1. The van der Waals surface area contributed by atoms with Crippen LogP contribution in [0.5, 0.6) is 0 Å². The van der Waals surface area contributed by atoms with E-state index in [-0.39, 0.29) is 30.3 Å². The van der Waals surface area contributed by atoms with Gasteiger partial charge in [-0.2, -0.15) is 0 Å². The van der Waals surface area contributed by atoms with Gasteiger partial charge >= 0.3 is 0 Å². The Labute approximate surface area is 102 Å². The third-order valence-electron chi connectivity index (χ3n) is 3.05. The van der Waals surface area contributed by atoms with E-state index in [0.717, 1.165) is 12.8 Å². The predicted molar refractivity (Wildman–Crippen MR) is 66.7 cm³/mol. The predicted octanol–water partition coefficient (Wildman–Crippen LogP) is 1.21. The van der Waals surface area contributed by atoms with Crippen molar-refractivity contribution in [3.8, 4) is 0 Å². The number of hydrogen-bond donors (Lipinski definition) is 2. The molecule has 1 saturated carbocycles. The molecule has 2 rings (SSSR count). The van der Waals surface area contributed by atoms with E-state index in [0.29, 0.717) is 6.54 Å². The van der Waals surface area contributed by atoms with Gasteiger partial charge in [-0.25, -0.2) is 0 Å². The second-order valence-corrected chi connectivity index (χ2v) is 4.13. The van der Waals surface area contributed by atoms with Crippen LogP contribution in [-0.4, -0.2) is 19.0 Å². The second-order valence-electron chi connectivity index (χ2n) is 4.13. The average Bonchev–Trinajstić information content (AvgIpc) is 3.08. The molecule has 0 atom stereocenters. The van der Waals surface area contributed by atoms with E-state index in [2.05, 4.69) is 17.4 Å². The number of nitrogens with two attached hydrogens (primary N) is 1. The molecule has 0 aromatic heterocycles. The summed E-state index contributed by atoms with van der Waals surface area (Å²) in [6.45, 7) is 0.790. The van der Waals surface area contributed by atoms with E-state index in [1.807, 2.05) is 18.2 Å². The van der Waals surface area contributed by atoms with Crippen molar-refractivity contribution < 1.29 is 4.79 Å². The van der Waals surface area contributed by atoms with Crippen molar-refractivity contribution in [2.45, 2.75) is 18.3 Å². The first-order valence-electron chi connectivity index (χ1n) is 5.29. The molecule has 1 aromatic carbocycles. The number of nitrogens with one attached hydrogen (secondary N) is 1. The molecular formula is C12H17ClN2O. The molecule has 3 N–H and O–H groups in total. The molecular weight excluding hydrogens is 224 g/mol. The maximum Gasteiger partial charge on any atom is 0.233 e. The number of halogens is 1. The Bertz CT molecular complexity index is 349. The van der Waals surface area contributed by atoms with Crippen LogP contribution in [0.25, 0.3) is 0 Å². The van der Waals surface area contributed by atoms with E-state index in [4.69, 9.17) is 5.73 Å². The number of benzene rings is 1. The molecule has 1 fully saturated rings. The van der Waals surface area contributed by atoms with Crippen LogP contribution in [0.3, 0.4) is 0 Å². The van der Waals surface area contributed by atoms with Gasteiger partial charge in [0.1, 0.15) is 0 Å². The van der Waals surface area contributed by atoms with Crippen LogP contribution in [0.2, 0.25) is 0 Å². The van der Waals surface area contributed by atoms with Gasteiger partial charge in [0.05, 0.1) is 6.54 Å². The first-order valence-corrected chi connectivity index (χ1v) is 5.29. The maximum atomic E-state index is 11.1. The SMILES string of the molecule is Cl.NCC(=O)NCC1(c2ccccc2)CC1. The monoisotopic (exact) mass is 240 g/mol. The molecule has 1 aliphatic rings. The van der Waals surface area contributed by atoms with Crippen LogP contribution in [-0.2, 0) is 10.2 Å². The normalized spacial score (nSPS) is 16.1. The van der Waals surface area contributed by atoms with Gasteiger partial charge in [-0.15, -0.1) is 12.4 Å². The fourth-order valence-corrected chi connectivity index (χ4v) is 1.85. The second kappa shape index (κ2) is 5.32. The summed E-state index contributed by atoms with van der Waals surface area (Å²) in [7, 11) is 0. The minimum absolute atomic E-state index is 0. The zero-order chi connectivity index (χ0) is 10.7. The zero-order valence-electron chi connectivity index (χ0n) is 9.11. The molecule has 0 unspecified atom stereocenters. The summed E-state index contributed by atoms with van der Waals surface area (Å²) in [5, 5.41) is 2.87. The lowest BCUT2D eigenvalue weighted by atomic mass is 9.96. The third kappa shape index (κ3) is 2.74. The topological polar surface area (TPSA) is 55.1 Å². The van der Waals surface area contributed by atoms with Crippen molar-refractivity contribution in [2.24, 2.45) is 5.73 Å². The first-order chi connectivity index (χ1) is 7.27. The molecule has 0 bridgehead atoms. The largest absolute Gasteiger partial charge is 0.354 e. The molecule has 0 heterocycles. The smallest absolute Gasteiger partial charge is 0.233 e. The highest BCUT2D eigenvalue weighted by Gasteiger charge is 2.43. The van der Waals surface area contributed by atoms with Gasteiger partial charge < -0.3 is 11.1 Å². The molecule has 0 aliphatic heterocycles. The highest BCUT2D eigenvalue weighted by molar-refractivity contribution is 5.85. The van der Waals surface area contributed by atoms with Crippen molar-refractivity contribution in [3.05, 3.63) is 35.9 Å². The average molecular weight is 241 g/mol. The standard InChI is InChI=1S/C12H16N2O.ClH/c13-8-11(15)14-9-12(6-7-12)10-4-2-1-3-5-10;/h1-5H,6-9,13H2,(H,14,15);1H. The number of carbonyl (C=O) groups excluding carboxylic acids is 1. The highest BCUT2D eigenvalue weighted by Crippen LogP contribution is 2.47. The maximum absolute atomic E-state index is 11.1. The third-order valence-corrected chi connectivity index (χ3v) is 3.05. The Hall–Kier alpha value is -1.06. The zero-order valence-corrected chi connectivity index (χ0v) is 9.93. The minimum Gasteiger partial charge on any atom is -0.354 e. The van der Waals surface area contributed by atoms with Crippen LogP contribution < -0.4 is 11.1 Å². The molecule has 4 heteroatoms. The Kier molecular flexibility index (Phi) is 4.33. The highest BCUT2D eigenvalue weighted by atomic mass is 35.5. The van der Waals surface area contributed by atoms with E-state index >= 15 is 0 Å². The number of rotatable bonds is 4. The fraction of sp³-hybridized carbons (Fsp3) is 0.417. The lowest BCUT2D eigenvalue weighted by Crippen LogP contribution is -2.36. The van der Waals surface area contributed by atoms with E-state index in [1.165, 1.54) is 5.56 Å². The van der Waals surface area contributed by atoms with Crippen molar-refractivity contribution in [1.29, 1.82) is 0 Å². The molecule has 1 aromatic rings. The van der Waals surface area contributed by atoms with E-state index in [9.17, 15) is 4.79 Å². The van der Waals surface area contributed by atoms with Crippen molar-refractivity contribution in [3.63, 3.8) is 0 Å². The molecule has 3 nitrogen and oxygen atoms in total. The summed E-state index contributed by atoms with van der Waals surface area (Å²) in [5.74, 6) is -0.0720. The van der Waals surface area contributed by atoms with Gasteiger partial charge in [0.15, 0.2) is 0 Å². The van der Waals surface area contributed by atoms with Gasteiger partial charge in [0, 0.05) is 12.0 Å².